The van der Waals surface area contributed by atoms with Crippen LogP contribution >= 0.6 is 12.4 Å². The number of hydrogen-bond acceptors (Lipinski definition) is 7. The van der Waals surface area contributed by atoms with E-state index in [1.807, 2.05) is 36.4 Å². The Morgan fingerprint density at radius 1 is 0.902 bits per heavy atom. The maximum Gasteiger partial charge on any atom is 0.323 e. The number of fused-ring (bicyclic) bond motifs is 7. The van der Waals surface area contributed by atoms with E-state index in [9.17, 15) is 19.2 Å². The highest BCUT2D eigenvalue weighted by Gasteiger charge is 2.70. The van der Waals surface area contributed by atoms with E-state index in [0.717, 1.165) is 50.5 Å². The number of allylic oxidation sites excluding steroid dienone is 2. The Kier molecular flexibility index (Phi) is 10.5. The second kappa shape index (κ2) is 13.6. The van der Waals surface area contributed by atoms with Gasteiger partial charge >= 0.3 is 11.9 Å². The molecule has 5 aliphatic carbocycles. The normalized spacial score (nSPS) is 40.1. The lowest BCUT2D eigenvalue weighted by atomic mass is 9.33. The van der Waals surface area contributed by atoms with Gasteiger partial charge in [0, 0.05) is 17.8 Å². The number of ether oxygens (including phenoxy) is 2. The van der Waals surface area contributed by atoms with Gasteiger partial charge in [0.15, 0.2) is 5.78 Å². The molecule has 8 nitrogen and oxygen atoms in total. The second-order valence-corrected chi connectivity index (χ2v) is 18.7. The summed E-state index contributed by atoms with van der Waals surface area (Å²) in [5.74, 6) is -0.713. The van der Waals surface area contributed by atoms with Gasteiger partial charge in [0.25, 0.3) is 0 Å². The molecule has 10 atom stereocenters. The minimum Gasteiger partial charge on any atom is -0.461 e. The zero-order valence-corrected chi connectivity index (χ0v) is 32.7. The number of esters is 2. The van der Waals surface area contributed by atoms with Crippen molar-refractivity contribution in [3.63, 3.8) is 0 Å². The maximum absolute atomic E-state index is 14.8. The Hall–Kier alpha value is -2.71. The average Bonchev–Trinajstić information content (AvgIpc) is 3.05. The molecule has 4 fully saturated rings. The number of hydrogen-bond donors (Lipinski definition) is 2. The Bertz CT molecular complexity index is 1580. The molecule has 0 spiro atoms. The molecule has 4 N–H and O–H groups in total. The lowest BCUT2D eigenvalue weighted by Crippen LogP contribution is -2.67. The van der Waals surface area contributed by atoms with Gasteiger partial charge in [0.1, 0.15) is 18.8 Å². The van der Waals surface area contributed by atoms with Crippen molar-refractivity contribution < 1.29 is 28.7 Å². The fraction of sp³-hybridized carbons (Fsp3) is 0.714. The molecule has 1 amide bonds. The van der Waals surface area contributed by atoms with Gasteiger partial charge in [-0.25, -0.2) is 0 Å². The third kappa shape index (κ3) is 6.38. The molecule has 4 saturated carbocycles. The van der Waals surface area contributed by atoms with E-state index in [2.05, 4.69) is 48.5 Å². The quantitative estimate of drug-likeness (QED) is 0.263. The summed E-state index contributed by atoms with van der Waals surface area (Å²) in [4.78, 5) is 52.8. The van der Waals surface area contributed by atoms with Gasteiger partial charge in [-0.1, -0.05) is 77.4 Å². The van der Waals surface area contributed by atoms with Crippen LogP contribution in [0.5, 0.6) is 0 Å². The molecule has 0 saturated heterocycles. The van der Waals surface area contributed by atoms with Gasteiger partial charge < -0.3 is 20.9 Å². The third-order valence-corrected chi connectivity index (χ3v) is 15.5. The van der Waals surface area contributed by atoms with Crippen LogP contribution in [0.1, 0.15) is 125 Å². The molecule has 0 radical (unpaired) electrons. The van der Waals surface area contributed by atoms with E-state index in [-0.39, 0.29) is 94.5 Å². The van der Waals surface area contributed by atoms with Gasteiger partial charge in [-0.15, -0.1) is 12.4 Å². The molecular weight excluding hydrogens is 664 g/mol. The predicted octanol–water partition coefficient (Wildman–Crippen LogP) is 7.64. The summed E-state index contributed by atoms with van der Waals surface area (Å²) in [5, 5.41) is 0. The molecule has 0 unspecified atom stereocenters. The molecule has 5 aliphatic rings. The fourth-order valence-electron chi connectivity index (χ4n) is 12.1. The smallest absolute Gasteiger partial charge is 0.323 e. The molecule has 0 aliphatic heterocycles. The van der Waals surface area contributed by atoms with Crippen LogP contribution < -0.4 is 11.5 Å². The summed E-state index contributed by atoms with van der Waals surface area (Å²) in [7, 11) is 0. The van der Waals surface area contributed by atoms with Gasteiger partial charge in [-0.2, -0.15) is 0 Å². The van der Waals surface area contributed by atoms with E-state index in [1.165, 1.54) is 5.57 Å². The topological polar surface area (TPSA) is 139 Å². The van der Waals surface area contributed by atoms with Crippen LogP contribution in [0.2, 0.25) is 0 Å². The van der Waals surface area contributed by atoms with Crippen molar-refractivity contribution in [1.82, 2.24) is 0 Å². The van der Waals surface area contributed by atoms with Crippen molar-refractivity contribution in [2.75, 3.05) is 0 Å². The van der Waals surface area contributed by atoms with Crippen molar-refractivity contribution >= 4 is 36.0 Å². The standard InChI is InChI=1S/C42H60N2O6.ClH/c1-37(2)31-15-18-42(7)34(40(31,5)17-16-32(37)50-35(47)29(43)13-14-33(44)46)30(45)23-27-28-24-39(4,20-19-38(28,3)21-22-41(27,42)6)36(48)49-25-26-11-9-8-10-12-26;/h8-12,23,28-29,31-32,34H,13-22,24-25,43H2,1-7H3,(H2,44,46);1H/t28-,29-,31-,32-,34+,38+,39-,40-,41+,42+;/m0./s1. The monoisotopic (exact) mass is 724 g/mol. The first-order valence-electron chi connectivity index (χ1n) is 19.0. The fourth-order valence-corrected chi connectivity index (χ4v) is 12.1. The van der Waals surface area contributed by atoms with Crippen molar-refractivity contribution in [2.45, 2.75) is 138 Å². The molecular formula is C42H61ClN2O6. The largest absolute Gasteiger partial charge is 0.461 e. The number of halogens is 1. The van der Waals surface area contributed by atoms with Gasteiger partial charge in [0.2, 0.25) is 5.91 Å². The zero-order chi connectivity index (χ0) is 36.5. The van der Waals surface area contributed by atoms with E-state index in [0.29, 0.717) is 12.8 Å². The number of ketones is 1. The minimum absolute atomic E-state index is 0. The van der Waals surface area contributed by atoms with Crippen LogP contribution in [-0.2, 0) is 35.3 Å². The molecule has 1 aromatic carbocycles. The molecule has 51 heavy (non-hydrogen) atoms. The van der Waals surface area contributed by atoms with Crippen LogP contribution in [0.3, 0.4) is 0 Å². The minimum atomic E-state index is -0.894. The van der Waals surface area contributed by atoms with Gasteiger partial charge in [0.05, 0.1) is 5.41 Å². The molecule has 0 aromatic heterocycles. The molecule has 0 bridgehead atoms. The third-order valence-electron chi connectivity index (χ3n) is 15.5. The summed E-state index contributed by atoms with van der Waals surface area (Å²) in [6.45, 7) is 16.2. The SMILES string of the molecule is CC1(C)[C@@H](OC(=O)[C@@H](N)CCC(N)=O)CC[C@]2(C)[C@H]3C(=O)C=C4[C@@H]5C[C@@](C)(C(=O)OCc6ccccc6)CC[C@]5(C)CC[C@@]4(C)[C@]3(C)CC[C@@H]12.Cl. The van der Waals surface area contributed by atoms with Crippen molar-refractivity contribution in [2.24, 2.45) is 61.7 Å². The summed E-state index contributed by atoms with van der Waals surface area (Å²) >= 11 is 0. The number of nitrogens with two attached hydrogens (primary N) is 2. The first-order valence-corrected chi connectivity index (χ1v) is 19.0. The van der Waals surface area contributed by atoms with Crippen LogP contribution in [-0.4, -0.2) is 35.8 Å². The number of carbonyl (C=O) groups excluding carboxylic acids is 4. The second-order valence-electron chi connectivity index (χ2n) is 18.7. The Labute approximate surface area is 311 Å². The summed E-state index contributed by atoms with van der Waals surface area (Å²) in [6.07, 6.45) is 9.78. The van der Waals surface area contributed by atoms with Crippen molar-refractivity contribution in [3.8, 4) is 0 Å². The van der Waals surface area contributed by atoms with Crippen LogP contribution in [0.15, 0.2) is 42.0 Å². The highest BCUT2D eigenvalue weighted by atomic mass is 35.5. The number of carbonyl (C=O) groups is 4. The Morgan fingerprint density at radius 3 is 2.24 bits per heavy atom. The lowest BCUT2D eigenvalue weighted by molar-refractivity contribution is -0.211. The van der Waals surface area contributed by atoms with Gasteiger partial charge in [-0.3, -0.25) is 19.2 Å². The summed E-state index contributed by atoms with van der Waals surface area (Å²) < 4.78 is 12.0. The maximum atomic E-state index is 14.8. The van der Waals surface area contributed by atoms with Crippen molar-refractivity contribution in [3.05, 3.63) is 47.5 Å². The number of primary amides is 1. The first kappa shape index (κ1) is 39.5. The molecule has 282 valence electrons. The highest BCUT2D eigenvalue weighted by molar-refractivity contribution is 5.95. The molecule has 9 heteroatoms. The average molecular weight is 725 g/mol. The van der Waals surface area contributed by atoms with E-state index in [4.69, 9.17) is 20.9 Å². The molecule has 1 aromatic rings. The Morgan fingerprint density at radius 2 is 1.57 bits per heavy atom. The first-order chi connectivity index (χ1) is 23.3. The van der Waals surface area contributed by atoms with Crippen LogP contribution in [0.4, 0.5) is 0 Å². The number of benzene rings is 1. The molecule has 6 rings (SSSR count). The molecule has 0 heterocycles. The van der Waals surface area contributed by atoms with E-state index in [1.54, 1.807) is 0 Å². The summed E-state index contributed by atoms with van der Waals surface area (Å²) in [5.41, 5.74) is 12.0. The summed E-state index contributed by atoms with van der Waals surface area (Å²) in [6, 6.07) is 8.95. The lowest BCUT2D eigenvalue weighted by Gasteiger charge is -2.70. The number of rotatable bonds is 8. The number of amides is 1. The van der Waals surface area contributed by atoms with E-state index < -0.39 is 23.3 Å². The highest BCUT2D eigenvalue weighted by Crippen LogP contribution is 2.75. The van der Waals surface area contributed by atoms with E-state index >= 15 is 0 Å². The van der Waals surface area contributed by atoms with Crippen LogP contribution in [0, 0.1) is 50.2 Å². The predicted molar refractivity (Wildman–Crippen MR) is 199 cm³/mol. The van der Waals surface area contributed by atoms with Crippen LogP contribution in [0.25, 0.3) is 0 Å². The Balaban J connectivity index is 0.00000504. The van der Waals surface area contributed by atoms with Crippen molar-refractivity contribution in [1.29, 1.82) is 0 Å². The zero-order valence-electron chi connectivity index (χ0n) is 31.8. The van der Waals surface area contributed by atoms with Gasteiger partial charge in [-0.05, 0) is 116 Å².